The van der Waals surface area contributed by atoms with Crippen LogP contribution in [0.15, 0.2) is 47.4 Å². The highest BCUT2D eigenvalue weighted by atomic mass is 32.2. The van der Waals surface area contributed by atoms with Gasteiger partial charge in [0.2, 0.25) is 5.91 Å². The second kappa shape index (κ2) is 13.0. The summed E-state index contributed by atoms with van der Waals surface area (Å²) in [4.78, 5) is 38.3. The standard InChI is InChI=1S/C32H34F4N2O7S/c1-3-45-31(41)18-9-7-17(8-10-18)23-15-24(26(44-2)16-25(23)33)29(39)38-28-20-12-11-19(13-20)27(28)30(40)37-21-5-4-6-22(14-21)46(42,43)32(34,35)36/h4-7,14-16,18-20,27-28H,3,8-13H2,1-2H3,(H,37,40)(H,38,39)/t18-,19-,20+,27+,28-/m1/s1. The van der Waals surface area contributed by atoms with Gasteiger partial charge in [-0.1, -0.05) is 12.1 Å². The van der Waals surface area contributed by atoms with Gasteiger partial charge < -0.3 is 20.1 Å². The number of hydrogen-bond donors (Lipinski definition) is 2. The van der Waals surface area contributed by atoms with Crippen LogP contribution in [0.3, 0.4) is 0 Å². The van der Waals surface area contributed by atoms with Crippen molar-refractivity contribution in [3.63, 3.8) is 0 Å². The number of carbonyl (C=O) groups is 3. The summed E-state index contributed by atoms with van der Waals surface area (Å²) in [5.41, 5.74) is -4.74. The number of alkyl halides is 3. The Morgan fingerprint density at radius 2 is 1.78 bits per heavy atom. The number of fused-ring (bicyclic) bond motifs is 2. The normalized spacial score (nSPS) is 24.2. The number of nitrogens with one attached hydrogen (secondary N) is 2. The van der Waals surface area contributed by atoms with Crippen molar-refractivity contribution in [2.24, 2.45) is 23.7 Å². The molecule has 2 amide bonds. The molecular formula is C32H34F4N2O7S. The minimum Gasteiger partial charge on any atom is -0.496 e. The van der Waals surface area contributed by atoms with E-state index < -0.39 is 49.8 Å². The number of amides is 2. The predicted octanol–water partition coefficient (Wildman–Crippen LogP) is 5.66. The molecule has 0 aromatic heterocycles. The molecule has 5 rings (SSSR count). The van der Waals surface area contributed by atoms with Gasteiger partial charge in [-0.25, -0.2) is 12.8 Å². The zero-order valence-corrected chi connectivity index (χ0v) is 26.0. The number of benzene rings is 2. The van der Waals surface area contributed by atoms with Crippen LogP contribution in [0.2, 0.25) is 0 Å². The van der Waals surface area contributed by atoms with Crippen molar-refractivity contribution in [1.82, 2.24) is 5.32 Å². The Morgan fingerprint density at radius 3 is 2.43 bits per heavy atom. The Bertz CT molecular complexity index is 1670. The molecule has 0 saturated heterocycles. The molecule has 0 radical (unpaired) electrons. The monoisotopic (exact) mass is 666 g/mol. The fourth-order valence-corrected chi connectivity index (χ4v) is 7.71. The van der Waals surface area contributed by atoms with Crippen molar-refractivity contribution in [3.05, 3.63) is 59.4 Å². The Hall–Kier alpha value is -3.94. The van der Waals surface area contributed by atoms with E-state index in [2.05, 4.69) is 10.6 Å². The Balaban J connectivity index is 1.35. The molecule has 2 bridgehead atoms. The maximum absolute atomic E-state index is 15.2. The third kappa shape index (κ3) is 6.49. The maximum Gasteiger partial charge on any atom is 0.501 e. The van der Waals surface area contributed by atoms with Gasteiger partial charge in [-0.3, -0.25) is 14.4 Å². The number of halogens is 4. The molecule has 2 saturated carbocycles. The van der Waals surface area contributed by atoms with E-state index in [-0.39, 0.29) is 52.9 Å². The first-order valence-corrected chi connectivity index (χ1v) is 16.5. The zero-order chi connectivity index (χ0) is 33.4. The lowest BCUT2D eigenvalue weighted by Crippen LogP contribution is -2.48. The van der Waals surface area contributed by atoms with E-state index in [1.54, 1.807) is 13.0 Å². The molecule has 248 valence electrons. The van der Waals surface area contributed by atoms with Gasteiger partial charge in [0.05, 0.1) is 36.0 Å². The van der Waals surface area contributed by atoms with Crippen LogP contribution in [0.5, 0.6) is 5.75 Å². The highest BCUT2D eigenvalue weighted by molar-refractivity contribution is 7.92. The first kappa shape index (κ1) is 33.4. The van der Waals surface area contributed by atoms with E-state index in [9.17, 15) is 36.0 Å². The number of anilines is 1. The van der Waals surface area contributed by atoms with Gasteiger partial charge in [0, 0.05) is 23.4 Å². The van der Waals surface area contributed by atoms with Crippen molar-refractivity contribution < 1.29 is 49.8 Å². The van der Waals surface area contributed by atoms with Gasteiger partial charge in [-0.2, -0.15) is 13.2 Å². The van der Waals surface area contributed by atoms with Gasteiger partial charge >= 0.3 is 11.5 Å². The van der Waals surface area contributed by atoms with Crippen LogP contribution in [-0.2, 0) is 24.2 Å². The van der Waals surface area contributed by atoms with Crippen LogP contribution in [0, 0.1) is 29.5 Å². The van der Waals surface area contributed by atoms with E-state index >= 15 is 4.39 Å². The third-order valence-corrected chi connectivity index (χ3v) is 10.6. The summed E-state index contributed by atoms with van der Waals surface area (Å²) in [5, 5.41) is 5.47. The number of carbonyl (C=O) groups excluding carboxylic acids is 3. The summed E-state index contributed by atoms with van der Waals surface area (Å²) in [5.74, 6) is -3.29. The Kier molecular flexibility index (Phi) is 9.48. The first-order valence-electron chi connectivity index (χ1n) is 15.0. The SMILES string of the molecule is CCOC(=O)[C@@H]1CC=C(c2cc(C(=O)N[C@@H]3[C@H]4CC[C@H](C4)[C@@H]3C(=O)Nc3cccc(S(=O)(=O)C(F)(F)F)c3)c(OC)cc2F)CC1. The van der Waals surface area contributed by atoms with Gasteiger partial charge in [-0.15, -0.1) is 0 Å². The smallest absolute Gasteiger partial charge is 0.496 e. The molecule has 14 heteroatoms. The molecule has 2 aromatic rings. The van der Waals surface area contributed by atoms with Crippen LogP contribution in [0.4, 0.5) is 23.2 Å². The summed E-state index contributed by atoms with van der Waals surface area (Å²) in [6.45, 7) is 1.99. The van der Waals surface area contributed by atoms with Gasteiger partial charge in [0.1, 0.15) is 11.6 Å². The fourth-order valence-electron chi connectivity index (χ4n) is 6.91. The van der Waals surface area contributed by atoms with Crippen molar-refractivity contribution in [2.75, 3.05) is 19.0 Å². The highest BCUT2D eigenvalue weighted by Crippen LogP contribution is 2.49. The number of ether oxygens (including phenoxy) is 2. The second-order valence-corrected chi connectivity index (χ2v) is 13.8. The number of allylic oxidation sites excluding steroid dienone is 2. The van der Waals surface area contributed by atoms with Crippen LogP contribution < -0.4 is 15.4 Å². The minimum absolute atomic E-state index is 0.00796. The largest absolute Gasteiger partial charge is 0.501 e. The molecule has 0 aliphatic heterocycles. The van der Waals surface area contributed by atoms with E-state index in [1.165, 1.54) is 19.2 Å². The predicted molar refractivity (Wildman–Crippen MR) is 159 cm³/mol. The lowest BCUT2D eigenvalue weighted by molar-refractivity contribution is -0.148. The lowest BCUT2D eigenvalue weighted by Gasteiger charge is -2.31. The quantitative estimate of drug-likeness (QED) is 0.261. The third-order valence-electron chi connectivity index (χ3n) is 9.14. The average Bonchev–Trinajstić information content (AvgIpc) is 3.63. The minimum atomic E-state index is -5.62. The van der Waals surface area contributed by atoms with Crippen molar-refractivity contribution in [2.45, 2.75) is 61.9 Å². The van der Waals surface area contributed by atoms with E-state index in [1.807, 2.05) is 0 Å². The van der Waals surface area contributed by atoms with Gasteiger partial charge in [0.25, 0.3) is 15.7 Å². The lowest BCUT2D eigenvalue weighted by atomic mass is 9.83. The van der Waals surface area contributed by atoms with Crippen molar-refractivity contribution in [3.8, 4) is 5.75 Å². The molecule has 3 aliphatic carbocycles. The summed E-state index contributed by atoms with van der Waals surface area (Å²) < 4.78 is 88.6. The molecule has 5 atom stereocenters. The molecule has 2 fully saturated rings. The van der Waals surface area contributed by atoms with Crippen molar-refractivity contribution in [1.29, 1.82) is 0 Å². The fraction of sp³-hybridized carbons (Fsp3) is 0.469. The highest BCUT2D eigenvalue weighted by Gasteiger charge is 2.52. The Morgan fingerprint density at radius 1 is 1.04 bits per heavy atom. The molecule has 2 N–H and O–H groups in total. The first-order chi connectivity index (χ1) is 21.7. The molecule has 0 heterocycles. The second-order valence-electron chi connectivity index (χ2n) is 11.8. The summed E-state index contributed by atoms with van der Waals surface area (Å²) in [6.07, 6.45) is 5.10. The molecule has 9 nitrogen and oxygen atoms in total. The molecule has 0 unspecified atom stereocenters. The summed E-state index contributed by atoms with van der Waals surface area (Å²) >= 11 is 0. The molecule has 3 aliphatic rings. The van der Waals surface area contributed by atoms with Gasteiger partial charge in [0.15, 0.2) is 0 Å². The van der Waals surface area contributed by atoms with Crippen LogP contribution in [-0.4, -0.2) is 51.5 Å². The number of hydrogen-bond acceptors (Lipinski definition) is 7. The summed E-state index contributed by atoms with van der Waals surface area (Å²) in [6, 6.07) is 5.82. The molecule has 2 aromatic carbocycles. The van der Waals surface area contributed by atoms with Crippen LogP contribution in [0.25, 0.3) is 5.57 Å². The zero-order valence-electron chi connectivity index (χ0n) is 25.2. The number of esters is 1. The van der Waals surface area contributed by atoms with Crippen molar-refractivity contribution >= 4 is 38.9 Å². The summed E-state index contributed by atoms with van der Waals surface area (Å²) in [7, 11) is -4.32. The average molecular weight is 667 g/mol. The topological polar surface area (TPSA) is 128 Å². The van der Waals surface area contributed by atoms with Crippen LogP contribution >= 0.6 is 0 Å². The van der Waals surface area contributed by atoms with Crippen LogP contribution in [0.1, 0.15) is 61.4 Å². The number of methoxy groups -OCH3 is 1. The number of sulfone groups is 1. The molecule has 46 heavy (non-hydrogen) atoms. The van der Waals surface area contributed by atoms with E-state index in [0.29, 0.717) is 37.7 Å². The van der Waals surface area contributed by atoms with E-state index in [0.717, 1.165) is 30.7 Å². The molecule has 0 spiro atoms. The van der Waals surface area contributed by atoms with E-state index in [4.69, 9.17) is 9.47 Å². The molecular weight excluding hydrogens is 632 g/mol. The maximum atomic E-state index is 15.2. The van der Waals surface area contributed by atoms with Gasteiger partial charge in [-0.05, 0) is 87.1 Å². The Labute approximate surface area is 263 Å². The number of rotatable bonds is 9.